The van der Waals surface area contributed by atoms with Crippen LogP contribution < -0.4 is 10.0 Å². The van der Waals surface area contributed by atoms with Crippen LogP contribution in [-0.2, 0) is 23.6 Å². The summed E-state index contributed by atoms with van der Waals surface area (Å²) in [4.78, 5) is 0. The molecule has 0 spiro atoms. The van der Waals surface area contributed by atoms with Gasteiger partial charge in [0, 0.05) is 31.9 Å². The first-order valence-electron chi connectivity index (χ1n) is 4.77. The van der Waals surface area contributed by atoms with E-state index < -0.39 is 10.0 Å². The van der Waals surface area contributed by atoms with Crippen molar-refractivity contribution in [2.45, 2.75) is 13.0 Å². The summed E-state index contributed by atoms with van der Waals surface area (Å²) in [5.41, 5.74) is 6.31. The number of anilines is 1. The van der Waals surface area contributed by atoms with Crippen LogP contribution >= 0.6 is 0 Å². The third kappa shape index (κ3) is 1.72. The zero-order chi connectivity index (χ0) is 11.1. The molecule has 1 aliphatic rings. The first-order valence-corrected chi connectivity index (χ1v) is 6.38. The van der Waals surface area contributed by atoms with Crippen molar-refractivity contribution in [3.63, 3.8) is 0 Å². The summed E-state index contributed by atoms with van der Waals surface area (Å²) in [5, 5.41) is 4.14. The molecule has 0 saturated carbocycles. The van der Waals surface area contributed by atoms with Crippen molar-refractivity contribution in [1.29, 1.82) is 0 Å². The topological polar surface area (TPSA) is 81.2 Å². The lowest BCUT2D eigenvalue weighted by Gasteiger charge is -2.14. The highest BCUT2D eigenvalue weighted by Gasteiger charge is 2.31. The van der Waals surface area contributed by atoms with E-state index in [2.05, 4.69) is 5.10 Å². The Morgan fingerprint density at radius 3 is 2.87 bits per heavy atom. The number of nitrogens with two attached hydrogens (primary N) is 1. The fourth-order valence-corrected chi connectivity index (χ4v) is 3.30. The van der Waals surface area contributed by atoms with E-state index in [9.17, 15) is 8.42 Å². The Bertz CT molecular complexity index is 465. The molecule has 7 heteroatoms. The van der Waals surface area contributed by atoms with Crippen LogP contribution in [0, 0.1) is 0 Å². The normalized spacial score (nSPS) is 19.7. The van der Waals surface area contributed by atoms with E-state index in [1.165, 1.54) is 4.31 Å². The molecule has 0 radical (unpaired) electrons. The highest BCUT2D eigenvalue weighted by Crippen LogP contribution is 2.25. The van der Waals surface area contributed by atoms with Crippen molar-refractivity contribution in [3.8, 4) is 0 Å². The van der Waals surface area contributed by atoms with Gasteiger partial charge in [-0.3, -0.25) is 8.99 Å². The highest BCUT2D eigenvalue weighted by molar-refractivity contribution is 7.93. The van der Waals surface area contributed by atoms with Crippen LogP contribution in [-0.4, -0.2) is 30.5 Å². The zero-order valence-corrected chi connectivity index (χ0v) is 9.37. The van der Waals surface area contributed by atoms with Crippen molar-refractivity contribution in [2.75, 3.05) is 16.6 Å². The average Bonchev–Trinajstić information content (AvgIpc) is 2.68. The fourth-order valence-electron chi connectivity index (χ4n) is 1.76. The van der Waals surface area contributed by atoms with Crippen molar-refractivity contribution >= 4 is 15.8 Å². The van der Waals surface area contributed by atoms with Crippen molar-refractivity contribution in [1.82, 2.24) is 9.78 Å². The van der Waals surface area contributed by atoms with Crippen LogP contribution in [0.3, 0.4) is 0 Å². The van der Waals surface area contributed by atoms with Crippen LogP contribution in [0.15, 0.2) is 6.20 Å². The molecule has 0 aliphatic carbocycles. The maximum atomic E-state index is 11.7. The largest absolute Gasteiger partial charge is 0.326 e. The number of rotatable bonds is 2. The van der Waals surface area contributed by atoms with Crippen LogP contribution in [0.5, 0.6) is 0 Å². The third-order valence-electron chi connectivity index (χ3n) is 2.44. The van der Waals surface area contributed by atoms with E-state index in [4.69, 9.17) is 5.73 Å². The smallest absolute Gasteiger partial charge is 0.236 e. The van der Waals surface area contributed by atoms with Crippen LogP contribution in [0.25, 0.3) is 0 Å². The summed E-state index contributed by atoms with van der Waals surface area (Å²) in [5.74, 6) is 0.686. The Labute approximate surface area is 88.7 Å². The standard InChI is InChI=1S/C8H14N4O2S/c1-11-6-7(5-9)8(10-11)12-3-2-4-15(12,13)14/h6H,2-5,9H2,1H3. The molecule has 1 fully saturated rings. The molecule has 0 aromatic carbocycles. The van der Waals surface area contributed by atoms with E-state index in [0.717, 1.165) is 5.56 Å². The summed E-state index contributed by atoms with van der Waals surface area (Å²) in [7, 11) is -1.40. The monoisotopic (exact) mass is 230 g/mol. The van der Waals surface area contributed by atoms with Gasteiger partial charge in [0.2, 0.25) is 10.0 Å². The summed E-state index contributed by atoms with van der Waals surface area (Å²) in [6.07, 6.45) is 2.41. The zero-order valence-electron chi connectivity index (χ0n) is 8.55. The van der Waals surface area contributed by atoms with Crippen molar-refractivity contribution < 1.29 is 8.42 Å². The molecule has 2 N–H and O–H groups in total. The van der Waals surface area contributed by atoms with Gasteiger partial charge in [-0.15, -0.1) is 0 Å². The second kappa shape index (κ2) is 3.49. The van der Waals surface area contributed by atoms with Gasteiger partial charge in [-0.1, -0.05) is 0 Å². The molecule has 1 saturated heterocycles. The van der Waals surface area contributed by atoms with Crippen LogP contribution in [0.1, 0.15) is 12.0 Å². The molecule has 0 unspecified atom stereocenters. The maximum absolute atomic E-state index is 11.7. The minimum Gasteiger partial charge on any atom is -0.326 e. The summed E-state index contributed by atoms with van der Waals surface area (Å²) in [6, 6.07) is 0. The molecule has 84 valence electrons. The Balaban J connectivity index is 2.45. The predicted octanol–water partition coefficient (Wildman–Crippen LogP) is -0.581. The molecule has 0 atom stereocenters. The second-order valence-electron chi connectivity index (χ2n) is 3.60. The SMILES string of the molecule is Cn1cc(CN)c(N2CCCS2(=O)=O)n1. The molecule has 2 heterocycles. The van der Waals surface area contributed by atoms with Gasteiger partial charge < -0.3 is 5.73 Å². The summed E-state index contributed by atoms with van der Waals surface area (Å²) in [6.45, 7) is 0.807. The minimum atomic E-state index is -3.16. The molecule has 2 rings (SSSR count). The molecule has 0 amide bonds. The molecular formula is C8H14N4O2S. The van der Waals surface area contributed by atoms with Gasteiger partial charge in [-0.05, 0) is 6.42 Å². The number of nitrogens with zero attached hydrogens (tertiary/aromatic N) is 3. The lowest BCUT2D eigenvalue weighted by Crippen LogP contribution is -2.26. The molecule has 6 nitrogen and oxygen atoms in total. The molecule has 0 bridgehead atoms. The van der Waals surface area contributed by atoms with Gasteiger partial charge in [0.05, 0.1) is 5.75 Å². The number of aryl methyl sites for hydroxylation is 1. The Morgan fingerprint density at radius 1 is 1.60 bits per heavy atom. The van der Waals surface area contributed by atoms with Gasteiger partial charge in [-0.2, -0.15) is 5.10 Å². The van der Waals surface area contributed by atoms with Crippen molar-refractivity contribution in [3.05, 3.63) is 11.8 Å². The van der Waals surface area contributed by atoms with E-state index in [1.807, 2.05) is 0 Å². The predicted molar refractivity (Wildman–Crippen MR) is 56.8 cm³/mol. The van der Waals surface area contributed by atoms with E-state index >= 15 is 0 Å². The molecule has 1 aromatic rings. The maximum Gasteiger partial charge on any atom is 0.236 e. The van der Waals surface area contributed by atoms with Gasteiger partial charge in [-0.25, -0.2) is 8.42 Å². The minimum absolute atomic E-state index is 0.202. The molecule has 1 aliphatic heterocycles. The molecule has 15 heavy (non-hydrogen) atoms. The van der Waals surface area contributed by atoms with Gasteiger partial charge >= 0.3 is 0 Å². The number of hydrogen-bond donors (Lipinski definition) is 1. The van der Waals surface area contributed by atoms with Gasteiger partial charge in [0.1, 0.15) is 0 Å². The second-order valence-corrected chi connectivity index (χ2v) is 5.61. The Hall–Kier alpha value is -1.08. The highest BCUT2D eigenvalue weighted by atomic mass is 32.2. The quantitative estimate of drug-likeness (QED) is 0.737. The average molecular weight is 230 g/mol. The van der Waals surface area contributed by atoms with Gasteiger partial charge in [0.15, 0.2) is 5.82 Å². The molecular weight excluding hydrogens is 216 g/mol. The van der Waals surface area contributed by atoms with E-state index in [-0.39, 0.29) is 5.75 Å². The van der Waals surface area contributed by atoms with Gasteiger partial charge in [0.25, 0.3) is 0 Å². The Morgan fingerprint density at radius 2 is 2.33 bits per heavy atom. The Kier molecular flexibility index (Phi) is 2.43. The van der Waals surface area contributed by atoms with Crippen LogP contribution in [0.2, 0.25) is 0 Å². The number of sulfonamides is 1. The summed E-state index contributed by atoms with van der Waals surface area (Å²) < 4.78 is 26.3. The summed E-state index contributed by atoms with van der Waals surface area (Å²) >= 11 is 0. The molecule has 1 aromatic heterocycles. The van der Waals surface area contributed by atoms with E-state index in [1.54, 1.807) is 17.9 Å². The fraction of sp³-hybridized carbons (Fsp3) is 0.625. The van der Waals surface area contributed by atoms with Crippen molar-refractivity contribution in [2.24, 2.45) is 12.8 Å². The first kappa shape index (κ1) is 10.4. The number of hydrogen-bond acceptors (Lipinski definition) is 4. The third-order valence-corrected chi connectivity index (χ3v) is 4.27. The number of aromatic nitrogens is 2. The van der Waals surface area contributed by atoms with Crippen LogP contribution in [0.4, 0.5) is 5.82 Å². The van der Waals surface area contributed by atoms with E-state index in [0.29, 0.717) is 25.3 Å². The lowest BCUT2D eigenvalue weighted by molar-refractivity contribution is 0.598. The lowest BCUT2D eigenvalue weighted by atomic mass is 10.3. The first-order chi connectivity index (χ1) is 7.04.